The minimum absolute atomic E-state index is 0.242. The first-order chi connectivity index (χ1) is 9.10. The van der Waals surface area contributed by atoms with Gasteiger partial charge in [0.05, 0.1) is 43.3 Å². The van der Waals surface area contributed by atoms with Gasteiger partial charge in [-0.05, 0) is 12.1 Å². The van der Waals surface area contributed by atoms with Crippen molar-refractivity contribution in [2.45, 2.75) is 6.54 Å². The van der Waals surface area contributed by atoms with Gasteiger partial charge in [-0.15, -0.1) is 0 Å². The number of carbonyl (C=O) groups excluding carboxylic acids is 1. The lowest BCUT2D eigenvalue weighted by Crippen LogP contribution is -3.13. The second-order valence-corrected chi connectivity index (χ2v) is 5.45. The van der Waals surface area contributed by atoms with E-state index in [-0.39, 0.29) is 6.09 Å². The molecule has 1 heterocycles. The zero-order valence-electron chi connectivity index (χ0n) is 10.8. The molecule has 19 heavy (non-hydrogen) atoms. The molecule has 1 fully saturated rings. The first kappa shape index (κ1) is 14.4. The van der Waals surface area contributed by atoms with Crippen LogP contribution in [-0.4, -0.2) is 44.3 Å². The highest BCUT2D eigenvalue weighted by atomic mass is 35.5. The average Bonchev–Trinajstić information content (AvgIpc) is 2.43. The molecule has 1 aromatic rings. The maximum Gasteiger partial charge on any atom is 0.409 e. The van der Waals surface area contributed by atoms with Crippen LogP contribution in [0.4, 0.5) is 4.79 Å². The van der Waals surface area contributed by atoms with Gasteiger partial charge in [-0.1, -0.05) is 29.3 Å². The van der Waals surface area contributed by atoms with Crippen molar-refractivity contribution in [2.75, 3.05) is 33.3 Å². The highest BCUT2D eigenvalue weighted by Crippen LogP contribution is 2.22. The maximum absolute atomic E-state index is 11.4. The molecular weight excluding hydrogens is 287 g/mol. The summed E-state index contributed by atoms with van der Waals surface area (Å²) in [5.41, 5.74) is 1.16. The largest absolute Gasteiger partial charge is 0.453 e. The van der Waals surface area contributed by atoms with Crippen LogP contribution in [0.25, 0.3) is 0 Å². The van der Waals surface area contributed by atoms with Gasteiger partial charge in [-0.2, -0.15) is 0 Å². The van der Waals surface area contributed by atoms with Crippen LogP contribution >= 0.6 is 23.2 Å². The van der Waals surface area contributed by atoms with Gasteiger partial charge in [0, 0.05) is 5.56 Å². The molecular formula is C13H17Cl2N2O2+. The number of quaternary nitrogens is 1. The second kappa shape index (κ2) is 6.46. The number of rotatable bonds is 2. The van der Waals surface area contributed by atoms with Crippen molar-refractivity contribution in [3.63, 3.8) is 0 Å². The maximum atomic E-state index is 11.4. The quantitative estimate of drug-likeness (QED) is 0.897. The van der Waals surface area contributed by atoms with Gasteiger partial charge in [-0.3, -0.25) is 4.90 Å². The molecule has 0 radical (unpaired) electrons. The predicted octanol–water partition coefficient (Wildman–Crippen LogP) is 1.46. The van der Waals surface area contributed by atoms with E-state index >= 15 is 0 Å². The summed E-state index contributed by atoms with van der Waals surface area (Å²) in [5.74, 6) is 0. The molecule has 1 N–H and O–H groups in total. The van der Waals surface area contributed by atoms with Gasteiger partial charge >= 0.3 is 6.09 Å². The Morgan fingerprint density at radius 3 is 2.58 bits per heavy atom. The van der Waals surface area contributed by atoms with Crippen LogP contribution in [-0.2, 0) is 11.3 Å². The summed E-state index contributed by atoms with van der Waals surface area (Å²) in [6, 6.07) is 5.72. The molecule has 0 aromatic heterocycles. The molecule has 6 heteroatoms. The third-order valence-corrected chi connectivity index (χ3v) is 4.08. The fourth-order valence-corrected chi connectivity index (χ4v) is 2.57. The van der Waals surface area contributed by atoms with Gasteiger partial charge in [0.2, 0.25) is 0 Å². The lowest BCUT2D eigenvalue weighted by atomic mass is 10.2. The standard InChI is InChI=1S/C13H16Cl2N2O2/c1-19-13(18)17-6-4-16(5-7-17)9-10-2-3-11(14)12(15)8-10/h2-3,8H,4-7,9H2,1H3/p+1. The molecule has 1 amide bonds. The van der Waals surface area contributed by atoms with Gasteiger partial charge in [0.15, 0.2) is 0 Å². The number of halogens is 2. The Balaban J connectivity index is 1.88. The summed E-state index contributed by atoms with van der Waals surface area (Å²) < 4.78 is 4.72. The Hall–Kier alpha value is -0.970. The van der Waals surface area contributed by atoms with E-state index in [1.165, 1.54) is 12.0 Å². The van der Waals surface area contributed by atoms with Crippen LogP contribution in [0.15, 0.2) is 18.2 Å². The SMILES string of the molecule is COC(=O)N1CC[NH+](Cc2ccc(Cl)c(Cl)c2)CC1. The summed E-state index contributed by atoms with van der Waals surface area (Å²) in [4.78, 5) is 14.5. The predicted molar refractivity (Wildman–Crippen MR) is 74.8 cm³/mol. The molecule has 0 aliphatic carbocycles. The van der Waals surface area contributed by atoms with Crippen molar-refractivity contribution in [3.05, 3.63) is 33.8 Å². The van der Waals surface area contributed by atoms with E-state index in [1.54, 1.807) is 4.90 Å². The normalized spacial score (nSPS) is 16.5. The van der Waals surface area contributed by atoms with E-state index in [0.29, 0.717) is 10.0 Å². The van der Waals surface area contributed by atoms with Crippen LogP contribution < -0.4 is 4.90 Å². The molecule has 104 valence electrons. The van der Waals surface area contributed by atoms with Gasteiger partial charge in [-0.25, -0.2) is 4.79 Å². The Labute approximate surface area is 122 Å². The van der Waals surface area contributed by atoms with Crippen molar-refractivity contribution in [1.29, 1.82) is 0 Å². The average molecular weight is 304 g/mol. The summed E-state index contributed by atoms with van der Waals surface area (Å²) in [6.07, 6.45) is -0.242. The molecule has 0 saturated carbocycles. The number of ether oxygens (including phenoxy) is 1. The summed E-state index contributed by atoms with van der Waals surface area (Å²) in [7, 11) is 1.41. The Morgan fingerprint density at radius 2 is 2.00 bits per heavy atom. The number of amides is 1. The third-order valence-electron chi connectivity index (χ3n) is 3.34. The molecule has 2 rings (SSSR count). The van der Waals surface area contributed by atoms with Crippen molar-refractivity contribution < 1.29 is 14.4 Å². The smallest absolute Gasteiger partial charge is 0.409 e. The molecule has 4 nitrogen and oxygen atoms in total. The third kappa shape index (κ3) is 3.75. The van der Waals surface area contributed by atoms with Crippen LogP contribution in [0.1, 0.15) is 5.56 Å². The molecule has 1 saturated heterocycles. The van der Waals surface area contributed by atoms with Crippen LogP contribution in [0.2, 0.25) is 10.0 Å². The molecule has 0 unspecified atom stereocenters. The molecule has 1 aliphatic rings. The Kier molecular flexibility index (Phi) is 4.91. The number of benzene rings is 1. The number of piperazine rings is 1. The zero-order chi connectivity index (χ0) is 13.8. The number of nitrogens with one attached hydrogen (secondary N) is 1. The number of nitrogens with zero attached hydrogens (tertiary/aromatic N) is 1. The van der Waals surface area contributed by atoms with E-state index in [4.69, 9.17) is 27.9 Å². The van der Waals surface area contributed by atoms with Crippen LogP contribution in [0, 0.1) is 0 Å². The molecule has 0 spiro atoms. The first-order valence-corrected chi connectivity index (χ1v) is 6.96. The molecule has 1 aliphatic heterocycles. The number of carbonyl (C=O) groups is 1. The fourth-order valence-electron chi connectivity index (χ4n) is 2.25. The van der Waals surface area contributed by atoms with Crippen LogP contribution in [0.3, 0.4) is 0 Å². The van der Waals surface area contributed by atoms with E-state index < -0.39 is 0 Å². The number of hydrogen-bond donors (Lipinski definition) is 1. The first-order valence-electron chi connectivity index (χ1n) is 6.20. The fraction of sp³-hybridized carbons (Fsp3) is 0.462. The van der Waals surface area contributed by atoms with Crippen molar-refractivity contribution in [3.8, 4) is 0 Å². The minimum atomic E-state index is -0.242. The highest BCUT2D eigenvalue weighted by molar-refractivity contribution is 6.42. The number of methoxy groups -OCH3 is 1. The van der Waals surface area contributed by atoms with Crippen LogP contribution in [0.5, 0.6) is 0 Å². The van der Waals surface area contributed by atoms with Crippen molar-refractivity contribution in [1.82, 2.24) is 4.90 Å². The van der Waals surface area contributed by atoms with E-state index in [2.05, 4.69) is 0 Å². The van der Waals surface area contributed by atoms with Gasteiger partial charge in [0.25, 0.3) is 0 Å². The van der Waals surface area contributed by atoms with Crippen molar-refractivity contribution in [2.24, 2.45) is 0 Å². The summed E-state index contributed by atoms with van der Waals surface area (Å²) >= 11 is 11.9. The van der Waals surface area contributed by atoms with E-state index in [0.717, 1.165) is 38.3 Å². The second-order valence-electron chi connectivity index (χ2n) is 4.63. The zero-order valence-corrected chi connectivity index (χ0v) is 12.3. The van der Waals surface area contributed by atoms with E-state index in [9.17, 15) is 4.79 Å². The Morgan fingerprint density at radius 1 is 1.32 bits per heavy atom. The monoisotopic (exact) mass is 303 g/mol. The highest BCUT2D eigenvalue weighted by Gasteiger charge is 2.24. The molecule has 0 atom stereocenters. The van der Waals surface area contributed by atoms with Gasteiger partial charge < -0.3 is 9.64 Å². The number of hydrogen-bond acceptors (Lipinski definition) is 2. The lowest BCUT2D eigenvalue weighted by Gasteiger charge is -2.31. The van der Waals surface area contributed by atoms with Gasteiger partial charge in [0.1, 0.15) is 6.54 Å². The summed E-state index contributed by atoms with van der Waals surface area (Å²) in [6.45, 7) is 4.17. The lowest BCUT2D eigenvalue weighted by molar-refractivity contribution is -0.917. The van der Waals surface area contributed by atoms with Crippen molar-refractivity contribution >= 4 is 29.3 Å². The minimum Gasteiger partial charge on any atom is -0.453 e. The van der Waals surface area contributed by atoms with E-state index in [1.807, 2.05) is 18.2 Å². The summed E-state index contributed by atoms with van der Waals surface area (Å²) in [5, 5.41) is 1.17. The Bertz CT molecular complexity index is 460. The molecule has 0 bridgehead atoms. The molecule has 1 aromatic carbocycles. The topological polar surface area (TPSA) is 34.0 Å².